The van der Waals surface area contributed by atoms with Crippen LogP contribution in [0.25, 0.3) is 5.69 Å². The maximum atomic E-state index is 12.5. The van der Waals surface area contributed by atoms with Crippen LogP contribution >= 0.6 is 0 Å². The molecular weight excluding hydrogens is 278 g/mol. The minimum Gasteiger partial charge on any atom is -0.338 e. The first-order valence-electron chi connectivity index (χ1n) is 7.67. The molecule has 1 fully saturated rings. The molecule has 1 aliphatic rings. The standard InChI is InChI=1S/C16H21N5O/c1-12-15(10-16(22)20-9-5-8-14(20)11-17)18-19-21(12)13-6-3-2-4-7-13/h2-4,6-7,14H,5,8-11,17H2,1H3. The number of para-hydroxylation sites is 1. The Balaban J connectivity index is 1.76. The van der Waals surface area contributed by atoms with Crippen molar-refractivity contribution in [1.29, 1.82) is 0 Å². The number of aromatic nitrogens is 3. The number of rotatable bonds is 4. The minimum absolute atomic E-state index is 0.0937. The molecule has 1 saturated heterocycles. The highest BCUT2D eigenvalue weighted by Crippen LogP contribution is 2.19. The molecule has 3 rings (SSSR count). The summed E-state index contributed by atoms with van der Waals surface area (Å²) in [6.07, 6.45) is 2.32. The molecule has 2 N–H and O–H groups in total. The van der Waals surface area contributed by atoms with Gasteiger partial charge in [0, 0.05) is 19.1 Å². The molecule has 0 aliphatic carbocycles. The summed E-state index contributed by atoms with van der Waals surface area (Å²) in [6, 6.07) is 9.99. The number of nitrogens with zero attached hydrogens (tertiary/aromatic N) is 4. The van der Waals surface area contributed by atoms with Gasteiger partial charge in [-0.05, 0) is 31.9 Å². The lowest BCUT2D eigenvalue weighted by atomic mass is 10.2. The van der Waals surface area contributed by atoms with Crippen LogP contribution in [0, 0.1) is 6.92 Å². The minimum atomic E-state index is 0.0937. The molecular formula is C16H21N5O. The van der Waals surface area contributed by atoms with E-state index >= 15 is 0 Å². The van der Waals surface area contributed by atoms with Gasteiger partial charge >= 0.3 is 0 Å². The van der Waals surface area contributed by atoms with Gasteiger partial charge in [-0.15, -0.1) is 5.10 Å². The maximum Gasteiger partial charge on any atom is 0.229 e. The lowest BCUT2D eigenvalue weighted by molar-refractivity contribution is -0.131. The van der Waals surface area contributed by atoms with E-state index in [4.69, 9.17) is 5.73 Å². The highest BCUT2D eigenvalue weighted by molar-refractivity contribution is 5.79. The summed E-state index contributed by atoms with van der Waals surface area (Å²) in [7, 11) is 0. The second-order valence-corrected chi connectivity index (χ2v) is 5.66. The van der Waals surface area contributed by atoms with Crippen molar-refractivity contribution in [3.8, 4) is 5.69 Å². The number of carbonyl (C=O) groups excluding carboxylic acids is 1. The van der Waals surface area contributed by atoms with Crippen molar-refractivity contribution in [3.63, 3.8) is 0 Å². The van der Waals surface area contributed by atoms with Crippen LogP contribution in [0.4, 0.5) is 0 Å². The number of hydrogen-bond donors (Lipinski definition) is 1. The topological polar surface area (TPSA) is 77.0 Å². The molecule has 1 atom stereocenters. The van der Waals surface area contributed by atoms with Gasteiger partial charge in [0.2, 0.25) is 5.91 Å². The molecule has 1 unspecified atom stereocenters. The Bertz CT molecular complexity index is 652. The highest BCUT2D eigenvalue weighted by Gasteiger charge is 2.28. The van der Waals surface area contributed by atoms with Gasteiger partial charge < -0.3 is 10.6 Å². The van der Waals surface area contributed by atoms with E-state index in [0.717, 1.165) is 36.5 Å². The van der Waals surface area contributed by atoms with Crippen molar-refractivity contribution in [1.82, 2.24) is 19.9 Å². The molecule has 116 valence electrons. The van der Waals surface area contributed by atoms with Crippen molar-refractivity contribution in [2.75, 3.05) is 13.1 Å². The average Bonchev–Trinajstić information content (AvgIpc) is 3.15. The van der Waals surface area contributed by atoms with E-state index in [9.17, 15) is 4.79 Å². The molecule has 0 bridgehead atoms. The van der Waals surface area contributed by atoms with Crippen LogP contribution in [-0.4, -0.2) is 44.9 Å². The molecule has 1 aromatic heterocycles. The third kappa shape index (κ3) is 2.74. The Morgan fingerprint density at radius 1 is 1.36 bits per heavy atom. The third-order valence-electron chi connectivity index (χ3n) is 4.28. The predicted molar refractivity (Wildman–Crippen MR) is 83.6 cm³/mol. The third-order valence-corrected chi connectivity index (χ3v) is 4.28. The van der Waals surface area contributed by atoms with E-state index in [1.807, 2.05) is 42.2 Å². The first-order chi connectivity index (χ1) is 10.7. The van der Waals surface area contributed by atoms with Gasteiger partial charge in [0.25, 0.3) is 0 Å². The van der Waals surface area contributed by atoms with Crippen LogP contribution in [0.1, 0.15) is 24.2 Å². The molecule has 6 nitrogen and oxygen atoms in total. The predicted octanol–water partition coefficient (Wildman–Crippen LogP) is 1.07. The molecule has 6 heteroatoms. The van der Waals surface area contributed by atoms with Crippen molar-refractivity contribution in [2.45, 2.75) is 32.2 Å². The number of nitrogens with two attached hydrogens (primary N) is 1. The Morgan fingerprint density at radius 3 is 2.86 bits per heavy atom. The summed E-state index contributed by atoms with van der Waals surface area (Å²) in [4.78, 5) is 14.4. The Labute approximate surface area is 129 Å². The Hall–Kier alpha value is -2.21. The second-order valence-electron chi connectivity index (χ2n) is 5.66. The first-order valence-corrected chi connectivity index (χ1v) is 7.67. The van der Waals surface area contributed by atoms with Crippen LogP contribution < -0.4 is 5.73 Å². The molecule has 2 heterocycles. The fourth-order valence-corrected chi connectivity index (χ4v) is 2.99. The molecule has 22 heavy (non-hydrogen) atoms. The molecule has 2 aromatic rings. The average molecular weight is 299 g/mol. The van der Waals surface area contributed by atoms with E-state index in [1.165, 1.54) is 0 Å². The second kappa shape index (κ2) is 6.27. The number of carbonyl (C=O) groups is 1. The lowest BCUT2D eigenvalue weighted by Crippen LogP contribution is -2.40. The van der Waals surface area contributed by atoms with E-state index in [0.29, 0.717) is 6.54 Å². The van der Waals surface area contributed by atoms with Crippen molar-refractivity contribution in [2.24, 2.45) is 5.73 Å². The van der Waals surface area contributed by atoms with E-state index in [2.05, 4.69) is 10.3 Å². The van der Waals surface area contributed by atoms with Crippen LogP contribution in [0.2, 0.25) is 0 Å². The van der Waals surface area contributed by atoms with E-state index in [-0.39, 0.29) is 18.4 Å². The van der Waals surface area contributed by atoms with Gasteiger partial charge in [0.1, 0.15) is 0 Å². The van der Waals surface area contributed by atoms with Gasteiger partial charge in [0.15, 0.2) is 0 Å². The lowest BCUT2D eigenvalue weighted by Gasteiger charge is -2.23. The SMILES string of the molecule is Cc1c(CC(=O)N2CCCC2CN)nnn1-c1ccccc1. The summed E-state index contributed by atoms with van der Waals surface area (Å²) in [5, 5.41) is 8.36. The summed E-state index contributed by atoms with van der Waals surface area (Å²) in [5.74, 6) is 0.0937. The van der Waals surface area contributed by atoms with Crippen molar-refractivity contribution < 1.29 is 4.79 Å². The Kier molecular flexibility index (Phi) is 4.20. The van der Waals surface area contributed by atoms with Gasteiger partial charge in [0.05, 0.1) is 23.5 Å². The molecule has 0 saturated carbocycles. The highest BCUT2D eigenvalue weighted by atomic mass is 16.2. The monoisotopic (exact) mass is 299 g/mol. The maximum absolute atomic E-state index is 12.5. The number of amides is 1. The van der Waals surface area contributed by atoms with Gasteiger partial charge in [-0.1, -0.05) is 23.4 Å². The zero-order valence-electron chi connectivity index (χ0n) is 12.8. The summed E-state index contributed by atoms with van der Waals surface area (Å²) in [5.41, 5.74) is 8.33. The quantitative estimate of drug-likeness (QED) is 0.916. The molecule has 0 radical (unpaired) electrons. The Morgan fingerprint density at radius 2 is 2.14 bits per heavy atom. The molecule has 1 aromatic carbocycles. The van der Waals surface area contributed by atoms with Crippen LogP contribution in [0.5, 0.6) is 0 Å². The van der Waals surface area contributed by atoms with Gasteiger partial charge in [-0.2, -0.15) is 0 Å². The van der Waals surface area contributed by atoms with Crippen LogP contribution in [0.15, 0.2) is 30.3 Å². The molecule has 1 aliphatic heterocycles. The summed E-state index contributed by atoms with van der Waals surface area (Å²) < 4.78 is 1.77. The van der Waals surface area contributed by atoms with Crippen molar-refractivity contribution >= 4 is 5.91 Å². The van der Waals surface area contributed by atoms with Crippen LogP contribution in [-0.2, 0) is 11.2 Å². The number of benzene rings is 1. The molecule has 1 amide bonds. The fraction of sp³-hybridized carbons (Fsp3) is 0.438. The van der Waals surface area contributed by atoms with Gasteiger partial charge in [-0.25, -0.2) is 4.68 Å². The van der Waals surface area contributed by atoms with Gasteiger partial charge in [-0.3, -0.25) is 4.79 Å². The summed E-state index contributed by atoms with van der Waals surface area (Å²) in [6.45, 7) is 3.27. The largest absolute Gasteiger partial charge is 0.338 e. The number of hydrogen-bond acceptors (Lipinski definition) is 4. The number of likely N-dealkylation sites (tertiary alicyclic amines) is 1. The first kappa shape index (κ1) is 14.7. The van der Waals surface area contributed by atoms with Crippen LogP contribution in [0.3, 0.4) is 0 Å². The smallest absolute Gasteiger partial charge is 0.229 e. The zero-order valence-corrected chi connectivity index (χ0v) is 12.8. The fourth-order valence-electron chi connectivity index (χ4n) is 2.99. The normalized spacial score (nSPS) is 17.9. The molecule has 0 spiro atoms. The summed E-state index contributed by atoms with van der Waals surface area (Å²) >= 11 is 0. The van der Waals surface area contributed by atoms with Crippen molar-refractivity contribution in [3.05, 3.63) is 41.7 Å². The van der Waals surface area contributed by atoms with E-state index in [1.54, 1.807) is 4.68 Å². The zero-order chi connectivity index (χ0) is 15.5. The van der Waals surface area contributed by atoms with E-state index < -0.39 is 0 Å².